The molecule has 0 radical (unpaired) electrons. The van der Waals surface area contributed by atoms with E-state index in [4.69, 9.17) is 0 Å². The highest BCUT2D eigenvalue weighted by molar-refractivity contribution is 5.97. The Morgan fingerprint density at radius 1 is 1.39 bits per heavy atom. The van der Waals surface area contributed by atoms with Crippen LogP contribution in [0.4, 0.5) is 4.39 Å². The average molecular weight is 250 g/mol. The zero-order valence-corrected chi connectivity index (χ0v) is 10.9. The van der Waals surface area contributed by atoms with Gasteiger partial charge in [-0.1, -0.05) is 12.1 Å². The molecule has 0 N–H and O–H groups in total. The van der Waals surface area contributed by atoms with Crippen LogP contribution in [0.1, 0.15) is 17.3 Å². The highest BCUT2D eigenvalue weighted by atomic mass is 19.1. The number of likely N-dealkylation sites (N-methyl/N-ethyl adjacent to an activating group) is 1. The van der Waals surface area contributed by atoms with Gasteiger partial charge in [-0.15, -0.1) is 0 Å². The smallest absolute Gasteiger partial charge is 0.179 e. The lowest BCUT2D eigenvalue weighted by Crippen LogP contribution is -2.51. The predicted octanol–water partition coefficient (Wildman–Crippen LogP) is 1.64. The largest absolute Gasteiger partial charge is 0.301 e. The van der Waals surface area contributed by atoms with Gasteiger partial charge in [-0.05, 0) is 26.1 Å². The number of benzene rings is 1. The molecule has 1 atom stereocenters. The van der Waals surface area contributed by atoms with Gasteiger partial charge >= 0.3 is 0 Å². The van der Waals surface area contributed by atoms with E-state index in [0.29, 0.717) is 12.6 Å². The van der Waals surface area contributed by atoms with Crippen LogP contribution in [0.25, 0.3) is 0 Å². The Morgan fingerprint density at radius 3 is 2.78 bits per heavy atom. The molecule has 1 fully saturated rings. The molecule has 0 aromatic heterocycles. The van der Waals surface area contributed by atoms with Crippen molar-refractivity contribution >= 4 is 5.78 Å². The van der Waals surface area contributed by atoms with E-state index in [-0.39, 0.29) is 11.3 Å². The number of ketones is 1. The van der Waals surface area contributed by atoms with Gasteiger partial charge in [0, 0.05) is 25.7 Å². The van der Waals surface area contributed by atoms with Crippen LogP contribution in [0.5, 0.6) is 0 Å². The predicted molar refractivity (Wildman–Crippen MR) is 69.3 cm³/mol. The summed E-state index contributed by atoms with van der Waals surface area (Å²) in [5.74, 6) is -0.561. The summed E-state index contributed by atoms with van der Waals surface area (Å²) >= 11 is 0. The first kappa shape index (κ1) is 13.2. The summed E-state index contributed by atoms with van der Waals surface area (Å²) in [6, 6.07) is 6.62. The van der Waals surface area contributed by atoms with Crippen molar-refractivity contribution in [2.24, 2.45) is 0 Å². The topological polar surface area (TPSA) is 23.6 Å². The minimum atomic E-state index is -0.426. The highest BCUT2D eigenvalue weighted by Crippen LogP contribution is 2.11. The average Bonchev–Trinajstić information content (AvgIpc) is 2.34. The summed E-state index contributed by atoms with van der Waals surface area (Å²) in [5.41, 5.74) is 0.198. The molecule has 1 aromatic carbocycles. The molecule has 4 heteroatoms. The fraction of sp³-hybridized carbons (Fsp3) is 0.500. The van der Waals surface area contributed by atoms with Crippen LogP contribution < -0.4 is 0 Å². The van der Waals surface area contributed by atoms with E-state index in [1.165, 1.54) is 6.07 Å². The maximum atomic E-state index is 13.5. The molecule has 3 nitrogen and oxygen atoms in total. The molecular weight excluding hydrogens is 231 g/mol. The SMILES string of the molecule is CC1CN(CC(=O)c2ccccc2F)CCN1C. The van der Waals surface area contributed by atoms with Gasteiger partial charge < -0.3 is 4.90 Å². The summed E-state index contributed by atoms with van der Waals surface area (Å²) in [6.07, 6.45) is 0. The summed E-state index contributed by atoms with van der Waals surface area (Å²) < 4.78 is 13.5. The lowest BCUT2D eigenvalue weighted by Gasteiger charge is -2.37. The normalized spacial score (nSPS) is 22.1. The monoisotopic (exact) mass is 250 g/mol. The molecule has 1 aliphatic rings. The minimum absolute atomic E-state index is 0.134. The fourth-order valence-corrected chi connectivity index (χ4v) is 2.24. The Bertz CT molecular complexity index is 436. The number of Topliss-reactive ketones (excluding diaryl/α,β-unsaturated/α-hetero) is 1. The van der Waals surface area contributed by atoms with Crippen LogP contribution >= 0.6 is 0 Å². The Hall–Kier alpha value is -1.26. The maximum absolute atomic E-state index is 13.5. The van der Waals surface area contributed by atoms with Crippen LogP contribution in [0, 0.1) is 5.82 Å². The van der Waals surface area contributed by atoms with Crippen molar-refractivity contribution in [1.29, 1.82) is 0 Å². The second kappa shape index (κ2) is 5.59. The third-order valence-electron chi connectivity index (χ3n) is 3.59. The quantitative estimate of drug-likeness (QED) is 0.762. The lowest BCUT2D eigenvalue weighted by atomic mass is 10.1. The van der Waals surface area contributed by atoms with Crippen LogP contribution in [-0.4, -0.2) is 54.9 Å². The van der Waals surface area contributed by atoms with Crippen molar-refractivity contribution in [2.75, 3.05) is 33.2 Å². The number of halogens is 1. The third-order valence-corrected chi connectivity index (χ3v) is 3.59. The van der Waals surface area contributed by atoms with Gasteiger partial charge in [0.15, 0.2) is 5.78 Å². The zero-order chi connectivity index (χ0) is 13.1. The van der Waals surface area contributed by atoms with Gasteiger partial charge in [-0.2, -0.15) is 0 Å². The fourth-order valence-electron chi connectivity index (χ4n) is 2.24. The van der Waals surface area contributed by atoms with E-state index in [1.54, 1.807) is 18.2 Å². The Labute approximate surface area is 107 Å². The Balaban J connectivity index is 1.98. The van der Waals surface area contributed by atoms with E-state index < -0.39 is 5.82 Å². The number of hydrogen-bond acceptors (Lipinski definition) is 3. The molecule has 98 valence electrons. The van der Waals surface area contributed by atoms with E-state index >= 15 is 0 Å². The summed E-state index contributed by atoms with van der Waals surface area (Å²) in [4.78, 5) is 16.4. The van der Waals surface area contributed by atoms with Gasteiger partial charge in [0.1, 0.15) is 5.82 Å². The summed E-state index contributed by atoms with van der Waals surface area (Å²) in [7, 11) is 2.08. The number of piperazine rings is 1. The number of carbonyl (C=O) groups excluding carboxylic acids is 1. The van der Waals surface area contributed by atoms with Gasteiger partial charge in [0.2, 0.25) is 0 Å². The standard InChI is InChI=1S/C14H19FN2O/c1-11-9-17(8-7-16(11)2)10-14(18)12-5-3-4-6-13(12)15/h3-6,11H,7-10H2,1-2H3. The first-order valence-corrected chi connectivity index (χ1v) is 6.28. The molecule has 0 spiro atoms. The van der Waals surface area contributed by atoms with E-state index in [9.17, 15) is 9.18 Å². The first-order chi connectivity index (χ1) is 8.58. The van der Waals surface area contributed by atoms with Crippen molar-refractivity contribution in [3.05, 3.63) is 35.6 Å². The summed E-state index contributed by atoms with van der Waals surface area (Å²) in [6.45, 7) is 5.11. The molecule has 1 aliphatic heterocycles. The second-order valence-electron chi connectivity index (χ2n) is 4.97. The van der Waals surface area contributed by atoms with Gasteiger partial charge in [-0.25, -0.2) is 4.39 Å². The molecular formula is C14H19FN2O. The van der Waals surface area contributed by atoms with Crippen molar-refractivity contribution in [1.82, 2.24) is 9.80 Å². The molecule has 0 bridgehead atoms. The van der Waals surface area contributed by atoms with Crippen molar-refractivity contribution in [3.63, 3.8) is 0 Å². The Kier molecular flexibility index (Phi) is 4.09. The molecule has 1 saturated heterocycles. The van der Waals surface area contributed by atoms with E-state index in [2.05, 4.69) is 23.8 Å². The van der Waals surface area contributed by atoms with Gasteiger partial charge in [-0.3, -0.25) is 9.69 Å². The molecule has 0 amide bonds. The maximum Gasteiger partial charge on any atom is 0.179 e. The molecule has 1 aromatic rings. The molecule has 1 heterocycles. The third kappa shape index (κ3) is 2.94. The first-order valence-electron chi connectivity index (χ1n) is 6.28. The van der Waals surface area contributed by atoms with Crippen LogP contribution in [0.15, 0.2) is 24.3 Å². The highest BCUT2D eigenvalue weighted by Gasteiger charge is 2.23. The number of carbonyl (C=O) groups is 1. The summed E-state index contributed by atoms with van der Waals surface area (Å²) in [5, 5.41) is 0. The van der Waals surface area contributed by atoms with Gasteiger partial charge in [0.25, 0.3) is 0 Å². The van der Waals surface area contributed by atoms with Gasteiger partial charge in [0.05, 0.1) is 12.1 Å². The van der Waals surface area contributed by atoms with Crippen LogP contribution in [0.3, 0.4) is 0 Å². The molecule has 1 unspecified atom stereocenters. The second-order valence-corrected chi connectivity index (χ2v) is 4.97. The molecule has 0 saturated carbocycles. The van der Waals surface area contributed by atoms with Crippen molar-refractivity contribution in [2.45, 2.75) is 13.0 Å². The Morgan fingerprint density at radius 2 is 2.11 bits per heavy atom. The lowest BCUT2D eigenvalue weighted by molar-refractivity contribution is 0.0782. The van der Waals surface area contributed by atoms with Crippen molar-refractivity contribution < 1.29 is 9.18 Å². The minimum Gasteiger partial charge on any atom is -0.301 e. The van der Waals surface area contributed by atoms with Crippen LogP contribution in [0.2, 0.25) is 0 Å². The number of hydrogen-bond donors (Lipinski definition) is 0. The molecule has 0 aliphatic carbocycles. The van der Waals surface area contributed by atoms with E-state index in [1.807, 2.05) is 0 Å². The van der Waals surface area contributed by atoms with E-state index in [0.717, 1.165) is 19.6 Å². The van der Waals surface area contributed by atoms with Crippen molar-refractivity contribution in [3.8, 4) is 0 Å². The molecule has 18 heavy (non-hydrogen) atoms. The van der Waals surface area contributed by atoms with Crippen LogP contribution in [-0.2, 0) is 0 Å². The molecule has 2 rings (SSSR count). The number of nitrogens with zero attached hydrogens (tertiary/aromatic N) is 2. The zero-order valence-electron chi connectivity index (χ0n) is 10.9. The number of rotatable bonds is 3.